The molecule has 0 unspecified atom stereocenters. The quantitative estimate of drug-likeness (QED) is 0.863. The van der Waals surface area contributed by atoms with Crippen molar-refractivity contribution >= 4 is 12.0 Å². The molecule has 2 aromatic carbocycles. The topological polar surface area (TPSA) is 32.3 Å². The summed E-state index contributed by atoms with van der Waals surface area (Å²) in [5, 5.41) is 3.28. The van der Waals surface area contributed by atoms with Crippen molar-refractivity contribution < 1.29 is 9.18 Å². The summed E-state index contributed by atoms with van der Waals surface area (Å²) < 4.78 is 14.2. The molecule has 0 fully saturated rings. The molecule has 2 aliphatic heterocycles. The van der Waals surface area contributed by atoms with Crippen LogP contribution in [0, 0.1) is 5.82 Å². The molecule has 4 rings (SSSR count). The van der Waals surface area contributed by atoms with Gasteiger partial charge in [-0.3, -0.25) is 4.79 Å². The molecule has 0 saturated carbocycles. The summed E-state index contributed by atoms with van der Waals surface area (Å²) in [6, 6.07) is 14.8. The van der Waals surface area contributed by atoms with Crippen LogP contribution in [0.4, 0.5) is 4.39 Å². The molecule has 2 heterocycles. The Balaban J connectivity index is 1.53. The van der Waals surface area contributed by atoms with Gasteiger partial charge in [-0.25, -0.2) is 4.39 Å². The summed E-state index contributed by atoms with van der Waals surface area (Å²) in [5.41, 5.74) is 4.00. The number of benzene rings is 2. The van der Waals surface area contributed by atoms with Crippen molar-refractivity contribution in [3.8, 4) is 0 Å². The van der Waals surface area contributed by atoms with Crippen LogP contribution in [0.15, 0.2) is 78.3 Å². The number of allylic oxidation sites excluding steroid dienone is 2. The van der Waals surface area contributed by atoms with Crippen molar-refractivity contribution in [1.29, 1.82) is 0 Å². The number of carbonyl (C=O) groups excluding carboxylic acids is 1. The number of halogens is 1. The van der Waals surface area contributed by atoms with E-state index in [2.05, 4.69) is 34.5 Å². The number of fused-ring (bicyclic) bond motifs is 1. The maximum absolute atomic E-state index is 14.2. The first kappa shape index (κ1) is 15.4. The smallest absolute Gasteiger partial charge is 0.150 e. The standard InChI is InChI=1S/C21H17FN2O/c22-19-11-17(14-25)6-7-18(19)20-13-24-9-8-16(12-21(24)23-20)10-15-4-2-1-3-5-15/h1-8,11-14,23H,9-10H2. The summed E-state index contributed by atoms with van der Waals surface area (Å²) in [6.07, 6.45) is 7.70. The van der Waals surface area contributed by atoms with E-state index in [1.54, 1.807) is 12.1 Å². The minimum Gasteiger partial charge on any atom is -0.340 e. The number of nitrogens with one attached hydrogen (secondary N) is 1. The van der Waals surface area contributed by atoms with Crippen LogP contribution in [-0.4, -0.2) is 17.7 Å². The fraction of sp³-hybridized carbons (Fsp3) is 0.0952. The SMILES string of the molecule is O=Cc1ccc(C2=CN3CC=C(Cc4ccccc4)C=C3N2)c(F)c1. The van der Waals surface area contributed by atoms with Crippen LogP contribution in [-0.2, 0) is 6.42 Å². The van der Waals surface area contributed by atoms with Gasteiger partial charge in [0, 0.05) is 23.9 Å². The summed E-state index contributed by atoms with van der Waals surface area (Å²) in [5.74, 6) is 0.545. The van der Waals surface area contributed by atoms with Crippen LogP contribution in [0.25, 0.3) is 5.70 Å². The highest BCUT2D eigenvalue weighted by Gasteiger charge is 2.22. The zero-order valence-corrected chi connectivity index (χ0v) is 13.6. The lowest BCUT2D eigenvalue weighted by molar-refractivity contribution is 0.112. The summed E-state index contributed by atoms with van der Waals surface area (Å²) in [6.45, 7) is 0.749. The van der Waals surface area contributed by atoms with E-state index in [1.165, 1.54) is 17.2 Å². The van der Waals surface area contributed by atoms with Crippen LogP contribution in [0.3, 0.4) is 0 Å². The predicted octanol–water partition coefficient (Wildman–Crippen LogP) is 3.87. The Bertz CT molecular complexity index is 913. The van der Waals surface area contributed by atoms with E-state index in [-0.39, 0.29) is 0 Å². The first-order valence-electron chi connectivity index (χ1n) is 8.18. The normalized spacial score (nSPS) is 15.7. The second kappa shape index (κ2) is 6.40. The molecule has 2 aromatic rings. The monoisotopic (exact) mass is 332 g/mol. The zero-order valence-electron chi connectivity index (χ0n) is 13.6. The van der Waals surface area contributed by atoms with E-state index >= 15 is 0 Å². The van der Waals surface area contributed by atoms with E-state index in [1.807, 2.05) is 24.4 Å². The van der Waals surface area contributed by atoms with Crippen molar-refractivity contribution in [3.63, 3.8) is 0 Å². The first-order valence-corrected chi connectivity index (χ1v) is 8.18. The van der Waals surface area contributed by atoms with Crippen molar-refractivity contribution in [2.24, 2.45) is 0 Å². The van der Waals surface area contributed by atoms with Crippen LogP contribution < -0.4 is 5.32 Å². The van der Waals surface area contributed by atoms with Crippen LogP contribution in [0.5, 0.6) is 0 Å². The van der Waals surface area contributed by atoms with Gasteiger partial charge in [-0.1, -0.05) is 42.5 Å². The molecule has 3 nitrogen and oxygen atoms in total. The van der Waals surface area contributed by atoms with Gasteiger partial charge in [0.05, 0.1) is 5.70 Å². The minimum atomic E-state index is -0.402. The van der Waals surface area contributed by atoms with E-state index in [0.717, 1.165) is 18.8 Å². The zero-order chi connectivity index (χ0) is 17.2. The molecule has 0 bridgehead atoms. The van der Waals surface area contributed by atoms with Gasteiger partial charge in [0.15, 0.2) is 0 Å². The predicted molar refractivity (Wildman–Crippen MR) is 95.9 cm³/mol. The van der Waals surface area contributed by atoms with Gasteiger partial charge in [-0.15, -0.1) is 0 Å². The molecular formula is C21H17FN2O. The second-order valence-corrected chi connectivity index (χ2v) is 6.15. The van der Waals surface area contributed by atoms with Gasteiger partial charge in [0.2, 0.25) is 0 Å². The van der Waals surface area contributed by atoms with Crippen molar-refractivity contribution in [1.82, 2.24) is 10.2 Å². The van der Waals surface area contributed by atoms with E-state index in [0.29, 0.717) is 23.1 Å². The number of carbonyl (C=O) groups is 1. The van der Waals surface area contributed by atoms with Crippen molar-refractivity contribution in [2.45, 2.75) is 6.42 Å². The third-order valence-electron chi connectivity index (χ3n) is 4.40. The van der Waals surface area contributed by atoms with Crippen LogP contribution >= 0.6 is 0 Å². The fourth-order valence-corrected chi connectivity index (χ4v) is 3.10. The lowest BCUT2D eigenvalue weighted by Crippen LogP contribution is -2.22. The maximum atomic E-state index is 14.2. The molecule has 4 heteroatoms. The lowest BCUT2D eigenvalue weighted by atomic mass is 10.0. The molecule has 0 radical (unpaired) electrons. The molecule has 2 aliphatic rings. The third-order valence-corrected chi connectivity index (χ3v) is 4.40. The van der Waals surface area contributed by atoms with Crippen molar-refractivity contribution in [2.75, 3.05) is 6.54 Å². The number of hydrogen-bond donors (Lipinski definition) is 1. The highest BCUT2D eigenvalue weighted by molar-refractivity contribution is 5.77. The lowest BCUT2D eigenvalue weighted by Gasteiger charge is -2.21. The third kappa shape index (κ3) is 3.11. The Morgan fingerprint density at radius 1 is 1.16 bits per heavy atom. The molecular weight excluding hydrogens is 315 g/mol. The highest BCUT2D eigenvalue weighted by Crippen LogP contribution is 2.28. The summed E-state index contributed by atoms with van der Waals surface area (Å²) >= 11 is 0. The average molecular weight is 332 g/mol. The Morgan fingerprint density at radius 3 is 2.76 bits per heavy atom. The Labute approximate surface area is 145 Å². The second-order valence-electron chi connectivity index (χ2n) is 6.15. The molecule has 0 aliphatic carbocycles. The Hall–Kier alpha value is -3.14. The molecule has 0 aromatic heterocycles. The maximum Gasteiger partial charge on any atom is 0.150 e. The molecule has 1 N–H and O–H groups in total. The Kier molecular flexibility index (Phi) is 3.94. The summed E-state index contributed by atoms with van der Waals surface area (Å²) in [4.78, 5) is 12.8. The van der Waals surface area contributed by atoms with E-state index in [9.17, 15) is 9.18 Å². The molecule has 0 amide bonds. The molecule has 0 spiro atoms. The first-order chi connectivity index (χ1) is 12.2. The van der Waals surface area contributed by atoms with Crippen LogP contribution in [0.1, 0.15) is 21.5 Å². The molecule has 124 valence electrons. The number of hydrogen-bond acceptors (Lipinski definition) is 3. The largest absolute Gasteiger partial charge is 0.340 e. The molecule has 25 heavy (non-hydrogen) atoms. The highest BCUT2D eigenvalue weighted by atomic mass is 19.1. The number of rotatable bonds is 4. The van der Waals surface area contributed by atoms with Crippen LogP contribution in [0.2, 0.25) is 0 Å². The number of aldehydes is 1. The van der Waals surface area contributed by atoms with Gasteiger partial charge >= 0.3 is 0 Å². The van der Waals surface area contributed by atoms with Gasteiger partial charge < -0.3 is 10.2 Å². The average Bonchev–Trinajstić information content (AvgIpc) is 3.05. The van der Waals surface area contributed by atoms with Gasteiger partial charge in [-0.2, -0.15) is 0 Å². The van der Waals surface area contributed by atoms with E-state index in [4.69, 9.17) is 0 Å². The van der Waals surface area contributed by atoms with Gasteiger partial charge in [0.25, 0.3) is 0 Å². The molecule has 0 saturated heterocycles. The van der Waals surface area contributed by atoms with Crippen molar-refractivity contribution in [3.05, 3.63) is 101 Å². The van der Waals surface area contributed by atoms with Gasteiger partial charge in [0.1, 0.15) is 17.9 Å². The summed E-state index contributed by atoms with van der Waals surface area (Å²) in [7, 11) is 0. The number of nitrogens with zero attached hydrogens (tertiary/aromatic N) is 1. The van der Waals surface area contributed by atoms with E-state index < -0.39 is 5.82 Å². The Morgan fingerprint density at radius 2 is 2.00 bits per heavy atom. The minimum absolute atomic E-state index is 0.337. The fourth-order valence-electron chi connectivity index (χ4n) is 3.10. The van der Waals surface area contributed by atoms with Gasteiger partial charge in [-0.05, 0) is 35.8 Å². The molecule has 0 atom stereocenters.